The van der Waals surface area contributed by atoms with E-state index in [0.29, 0.717) is 6.54 Å². The molecular formula is C23H31N3O. The molecule has 1 fully saturated rings. The van der Waals surface area contributed by atoms with Crippen LogP contribution in [0.2, 0.25) is 0 Å². The smallest absolute Gasteiger partial charge is 0.236 e. The summed E-state index contributed by atoms with van der Waals surface area (Å²) >= 11 is 0. The van der Waals surface area contributed by atoms with Gasteiger partial charge in [-0.2, -0.15) is 0 Å². The average molecular weight is 366 g/mol. The van der Waals surface area contributed by atoms with Crippen molar-refractivity contribution >= 4 is 11.6 Å². The lowest BCUT2D eigenvalue weighted by atomic mass is 10.1. The van der Waals surface area contributed by atoms with E-state index in [1.807, 2.05) is 11.9 Å². The van der Waals surface area contributed by atoms with E-state index in [4.69, 9.17) is 0 Å². The quantitative estimate of drug-likeness (QED) is 0.813. The molecule has 27 heavy (non-hydrogen) atoms. The largest absolute Gasteiger partial charge is 0.368 e. The van der Waals surface area contributed by atoms with Gasteiger partial charge in [-0.05, 0) is 56.1 Å². The molecule has 4 heteroatoms. The first kappa shape index (κ1) is 19.4. The van der Waals surface area contributed by atoms with Crippen LogP contribution in [-0.2, 0) is 11.3 Å². The molecule has 4 nitrogen and oxygen atoms in total. The Kier molecular flexibility index (Phi) is 6.17. The van der Waals surface area contributed by atoms with Crippen LogP contribution in [0.4, 0.5) is 5.69 Å². The number of aryl methyl sites for hydroxylation is 2. The molecule has 144 valence electrons. The maximum absolute atomic E-state index is 12.7. The van der Waals surface area contributed by atoms with Crippen LogP contribution in [0.5, 0.6) is 0 Å². The Morgan fingerprint density at radius 1 is 0.926 bits per heavy atom. The van der Waals surface area contributed by atoms with Crippen LogP contribution in [0.1, 0.15) is 22.3 Å². The second-order valence-electron chi connectivity index (χ2n) is 7.69. The molecule has 0 radical (unpaired) electrons. The highest BCUT2D eigenvalue weighted by Gasteiger charge is 2.23. The molecule has 0 atom stereocenters. The summed E-state index contributed by atoms with van der Waals surface area (Å²) in [6.07, 6.45) is 0. The number of likely N-dealkylation sites (N-methyl/N-ethyl adjacent to an activating group) is 1. The van der Waals surface area contributed by atoms with Crippen molar-refractivity contribution in [1.82, 2.24) is 9.80 Å². The zero-order valence-electron chi connectivity index (χ0n) is 17.0. The van der Waals surface area contributed by atoms with Gasteiger partial charge in [0.1, 0.15) is 0 Å². The van der Waals surface area contributed by atoms with Crippen molar-refractivity contribution in [2.75, 3.05) is 44.7 Å². The molecule has 1 aliphatic rings. The molecule has 1 heterocycles. The molecule has 0 bridgehead atoms. The highest BCUT2D eigenvalue weighted by atomic mass is 16.2. The summed E-state index contributed by atoms with van der Waals surface area (Å²) in [6, 6.07) is 14.8. The maximum Gasteiger partial charge on any atom is 0.236 e. The predicted octanol–water partition coefficient (Wildman–Crippen LogP) is 3.39. The van der Waals surface area contributed by atoms with Gasteiger partial charge in [0.15, 0.2) is 0 Å². The maximum atomic E-state index is 12.7. The number of carbonyl (C=O) groups is 1. The van der Waals surface area contributed by atoms with E-state index in [1.165, 1.54) is 27.9 Å². The second-order valence-corrected chi connectivity index (χ2v) is 7.69. The van der Waals surface area contributed by atoms with Gasteiger partial charge in [-0.3, -0.25) is 9.69 Å². The fraction of sp³-hybridized carbons (Fsp3) is 0.435. The number of amides is 1. The highest BCUT2D eigenvalue weighted by molar-refractivity contribution is 5.78. The molecule has 0 N–H and O–H groups in total. The van der Waals surface area contributed by atoms with Crippen molar-refractivity contribution in [3.63, 3.8) is 0 Å². The number of hydrogen-bond donors (Lipinski definition) is 0. The van der Waals surface area contributed by atoms with Crippen LogP contribution >= 0.6 is 0 Å². The number of rotatable bonds is 5. The minimum absolute atomic E-state index is 0.228. The van der Waals surface area contributed by atoms with E-state index in [0.717, 1.165) is 32.7 Å². The van der Waals surface area contributed by atoms with Crippen molar-refractivity contribution in [3.8, 4) is 0 Å². The molecule has 1 saturated heterocycles. The Bertz CT molecular complexity index is 794. The van der Waals surface area contributed by atoms with Crippen LogP contribution in [0, 0.1) is 20.8 Å². The zero-order chi connectivity index (χ0) is 19.4. The van der Waals surface area contributed by atoms with Crippen LogP contribution < -0.4 is 4.90 Å². The SMILES string of the molecule is Cc1ccccc1CN(C)CC(=O)N1CCN(c2cccc(C)c2C)CC1. The van der Waals surface area contributed by atoms with Crippen LogP contribution in [0.15, 0.2) is 42.5 Å². The molecule has 1 amide bonds. The van der Waals surface area contributed by atoms with Crippen molar-refractivity contribution in [3.05, 3.63) is 64.7 Å². The minimum Gasteiger partial charge on any atom is -0.368 e. The van der Waals surface area contributed by atoms with Gasteiger partial charge >= 0.3 is 0 Å². The molecule has 0 spiro atoms. The van der Waals surface area contributed by atoms with E-state index in [9.17, 15) is 4.79 Å². The Labute approximate surface area is 163 Å². The molecule has 2 aromatic rings. The van der Waals surface area contributed by atoms with Gasteiger partial charge in [0.25, 0.3) is 0 Å². The average Bonchev–Trinajstić information content (AvgIpc) is 2.66. The van der Waals surface area contributed by atoms with Crippen molar-refractivity contribution < 1.29 is 4.79 Å². The Hall–Kier alpha value is -2.33. The van der Waals surface area contributed by atoms with Crippen LogP contribution in [-0.4, -0.2) is 55.5 Å². The molecule has 3 rings (SSSR count). The number of carbonyl (C=O) groups excluding carboxylic acids is 1. The first-order valence-electron chi connectivity index (χ1n) is 9.77. The third-order valence-electron chi connectivity index (χ3n) is 5.66. The fourth-order valence-corrected chi connectivity index (χ4v) is 3.74. The molecule has 0 unspecified atom stereocenters. The topological polar surface area (TPSA) is 26.8 Å². The molecule has 0 aromatic heterocycles. The minimum atomic E-state index is 0.228. The monoisotopic (exact) mass is 365 g/mol. The predicted molar refractivity (Wildman–Crippen MR) is 112 cm³/mol. The van der Waals surface area contributed by atoms with Gasteiger partial charge in [-0.25, -0.2) is 0 Å². The van der Waals surface area contributed by atoms with Gasteiger partial charge in [0.2, 0.25) is 5.91 Å². The summed E-state index contributed by atoms with van der Waals surface area (Å²) in [6.45, 7) is 11.1. The third kappa shape index (κ3) is 4.69. The Balaban J connectivity index is 1.52. The normalized spacial score (nSPS) is 14.7. The zero-order valence-corrected chi connectivity index (χ0v) is 17.0. The molecular weight excluding hydrogens is 334 g/mol. The second kappa shape index (κ2) is 8.57. The van der Waals surface area contributed by atoms with Crippen molar-refractivity contribution in [2.24, 2.45) is 0 Å². The molecule has 0 aliphatic carbocycles. The number of hydrogen-bond acceptors (Lipinski definition) is 3. The molecule has 2 aromatic carbocycles. The summed E-state index contributed by atoms with van der Waals surface area (Å²) < 4.78 is 0. The first-order chi connectivity index (χ1) is 13.0. The van der Waals surface area contributed by atoms with Crippen LogP contribution in [0.3, 0.4) is 0 Å². The van der Waals surface area contributed by atoms with E-state index in [-0.39, 0.29) is 5.91 Å². The van der Waals surface area contributed by atoms with Gasteiger partial charge in [-0.15, -0.1) is 0 Å². The summed E-state index contributed by atoms with van der Waals surface area (Å²) in [7, 11) is 2.02. The lowest BCUT2D eigenvalue weighted by Gasteiger charge is -2.37. The van der Waals surface area contributed by atoms with E-state index in [2.05, 4.69) is 73.0 Å². The lowest BCUT2D eigenvalue weighted by molar-refractivity contribution is -0.132. The van der Waals surface area contributed by atoms with Gasteiger partial charge < -0.3 is 9.80 Å². The molecule has 1 aliphatic heterocycles. The Morgan fingerprint density at radius 2 is 1.59 bits per heavy atom. The molecule has 0 saturated carbocycles. The van der Waals surface area contributed by atoms with Gasteiger partial charge in [0, 0.05) is 38.4 Å². The highest BCUT2D eigenvalue weighted by Crippen LogP contribution is 2.24. The number of nitrogens with zero attached hydrogens (tertiary/aromatic N) is 3. The third-order valence-corrected chi connectivity index (χ3v) is 5.66. The summed E-state index contributed by atoms with van der Waals surface area (Å²) in [5, 5.41) is 0. The standard InChI is InChI=1S/C23H31N3O/c1-18-9-7-11-22(20(18)3)25-12-14-26(15-13-25)23(27)17-24(4)16-21-10-6-5-8-19(21)2/h5-11H,12-17H2,1-4H3. The van der Waals surface area contributed by atoms with E-state index >= 15 is 0 Å². The van der Waals surface area contributed by atoms with Gasteiger partial charge in [-0.1, -0.05) is 36.4 Å². The van der Waals surface area contributed by atoms with Crippen LogP contribution in [0.25, 0.3) is 0 Å². The first-order valence-corrected chi connectivity index (χ1v) is 9.77. The van der Waals surface area contributed by atoms with Crippen molar-refractivity contribution in [2.45, 2.75) is 27.3 Å². The van der Waals surface area contributed by atoms with E-state index in [1.54, 1.807) is 0 Å². The fourth-order valence-electron chi connectivity index (χ4n) is 3.74. The van der Waals surface area contributed by atoms with Gasteiger partial charge in [0.05, 0.1) is 6.54 Å². The van der Waals surface area contributed by atoms with Crippen molar-refractivity contribution in [1.29, 1.82) is 0 Å². The summed E-state index contributed by atoms with van der Waals surface area (Å²) in [5.74, 6) is 0.228. The summed E-state index contributed by atoms with van der Waals surface area (Å²) in [5.41, 5.74) is 6.53. The Morgan fingerprint density at radius 3 is 2.30 bits per heavy atom. The number of piperazine rings is 1. The lowest BCUT2D eigenvalue weighted by Crippen LogP contribution is -2.51. The summed E-state index contributed by atoms with van der Waals surface area (Å²) in [4.78, 5) is 19.2. The number of anilines is 1. The number of benzene rings is 2. The van der Waals surface area contributed by atoms with E-state index < -0.39 is 0 Å².